The van der Waals surface area contributed by atoms with E-state index >= 15 is 0 Å². The van der Waals surface area contributed by atoms with Crippen LogP contribution in [0.1, 0.15) is 40.5 Å². The maximum atomic E-state index is 12.4. The van der Waals surface area contributed by atoms with Gasteiger partial charge in [-0.1, -0.05) is 0 Å². The first-order valence-corrected chi connectivity index (χ1v) is 8.62. The Morgan fingerprint density at radius 1 is 1.16 bits per heavy atom. The average molecular weight is 290 g/mol. The molecule has 0 bridgehead atoms. The summed E-state index contributed by atoms with van der Waals surface area (Å²) >= 11 is 0. The standard InChI is InChI=1S/C13H26N2O3S/c1-12(2)9-15(10-13(3,4)18-12)19(16,17)8-7-14-11-5-6-11/h11,14H,5-10H2,1-4H3. The highest BCUT2D eigenvalue weighted by molar-refractivity contribution is 7.89. The quantitative estimate of drug-likeness (QED) is 0.819. The fourth-order valence-corrected chi connectivity index (χ4v) is 4.37. The molecule has 2 rings (SSSR count). The maximum absolute atomic E-state index is 12.4. The molecule has 19 heavy (non-hydrogen) atoms. The van der Waals surface area contributed by atoms with E-state index in [1.54, 1.807) is 4.31 Å². The molecule has 0 aromatic rings. The van der Waals surface area contributed by atoms with Crippen LogP contribution in [-0.4, -0.2) is 55.4 Å². The molecule has 6 heteroatoms. The molecule has 1 saturated carbocycles. The van der Waals surface area contributed by atoms with Gasteiger partial charge in [-0.2, -0.15) is 4.31 Å². The molecule has 0 amide bonds. The van der Waals surface area contributed by atoms with Crippen LogP contribution in [-0.2, 0) is 14.8 Å². The van der Waals surface area contributed by atoms with E-state index in [4.69, 9.17) is 4.74 Å². The third-order valence-electron chi connectivity index (χ3n) is 3.43. The van der Waals surface area contributed by atoms with Gasteiger partial charge in [0.1, 0.15) is 0 Å². The second kappa shape index (κ2) is 4.98. The van der Waals surface area contributed by atoms with Crippen molar-refractivity contribution in [2.24, 2.45) is 0 Å². The lowest BCUT2D eigenvalue weighted by Gasteiger charge is -2.46. The first-order valence-electron chi connectivity index (χ1n) is 7.01. The highest BCUT2D eigenvalue weighted by Crippen LogP contribution is 2.29. The van der Waals surface area contributed by atoms with Crippen LogP contribution in [0, 0.1) is 0 Å². The van der Waals surface area contributed by atoms with Gasteiger partial charge in [0.15, 0.2) is 0 Å². The van der Waals surface area contributed by atoms with Gasteiger partial charge in [-0.3, -0.25) is 0 Å². The number of nitrogens with one attached hydrogen (secondary N) is 1. The predicted octanol–water partition coefficient (Wildman–Crippen LogP) is 0.958. The van der Waals surface area contributed by atoms with Crippen LogP contribution in [0.3, 0.4) is 0 Å². The van der Waals surface area contributed by atoms with Gasteiger partial charge in [0.2, 0.25) is 10.0 Å². The number of sulfonamides is 1. The van der Waals surface area contributed by atoms with Gasteiger partial charge in [-0.15, -0.1) is 0 Å². The third-order valence-corrected chi connectivity index (χ3v) is 5.20. The molecule has 112 valence electrons. The summed E-state index contributed by atoms with van der Waals surface area (Å²) < 4.78 is 32.3. The molecular formula is C13H26N2O3S. The summed E-state index contributed by atoms with van der Waals surface area (Å²) in [7, 11) is -3.20. The zero-order chi connectivity index (χ0) is 14.3. The Kier molecular flexibility index (Phi) is 3.99. The fourth-order valence-electron chi connectivity index (χ4n) is 2.72. The topological polar surface area (TPSA) is 58.6 Å². The van der Waals surface area contributed by atoms with E-state index in [1.165, 1.54) is 12.8 Å². The Morgan fingerprint density at radius 3 is 2.16 bits per heavy atom. The Bertz CT molecular complexity index is 411. The lowest BCUT2D eigenvalue weighted by molar-refractivity contribution is -0.163. The largest absolute Gasteiger partial charge is 0.367 e. The molecular weight excluding hydrogens is 264 g/mol. The lowest BCUT2D eigenvalue weighted by atomic mass is 10.0. The highest BCUT2D eigenvalue weighted by Gasteiger charge is 2.42. The van der Waals surface area contributed by atoms with Crippen molar-refractivity contribution in [3.05, 3.63) is 0 Å². The molecule has 0 spiro atoms. The summed E-state index contributed by atoms with van der Waals surface area (Å²) in [6, 6.07) is 0.549. The molecule has 0 unspecified atom stereocenters. The SMILES string of the molecule is CC1(C)CN(S(=O)(=O)CCNC2CC2)CC(C)(C)O1. The molecule has 2 fully saturated rings. The summed E-state index contributed by atoms with van der Waals surface area (Å²) in [6.07, 6.45) is 2.36. The van der Waals surface area contributed by atoms with Crippen LogP contribution in [0.15, 0.2) is 0 Å². The third kappa shape index (κ3) is 4.41. The predicted molar refractivity (Wildman–Crippen MR) is 75.6 cm³/mol. The van der Waals surface area contributed by atoms with Crippen molar-refractivity contribution in [3.8, 4) is 0 Å². The number of ether oxygens (including phenoxy) is 1. The van der Waals surface area contributed by atoms with Crippen molar-refractivity contribution >= 4 is 10.0 Å². The first-order chi connectivity index (χ1) is 8.60. The van der Waals surface area contributed by atoms with Crippen LogP contribution >= 0.6 is 0 Å². The van der Waals surface area contributed by atoms with Crippen LogP contribution in [0.4, 0.5) is 0 Å². The Morgan fingerprint density at radius 2 is 1.68 bits per heavy atom. The van der Waals surface area contributed by atoms with E-state index in [-0.39, 0.29) is 5.75 Å². The molecule has 0 aromatic heterocycles. The Balaban J connectivity index is 1.97. The van der Waals surface area contributed by atoms with E-state index in [2.05, 4.69) is 5.32 Å². The van der Waals surface area contributed by atoms with Crippen molar-refractivity contribution in [3.63, 3.8) is 0 Å². The highest BCUT2D eigenvalue weighted by atomic mass is 32.2. The second-order valence-corrected chi connectivity index (χ2v) is 9.02. The van der Waals surface area contributed by atoms with Crippen LogP contribution < -0.4 is 5.32 Å². The molecule has 0 radical (unpaired) electrons. The lowest BCUT2D eigenvalue weighted by Crippen LogP contribution is -2.59. The molecule has 2 aliphatic rings. The summed E-state index contributed by atoms with van der Waals surface area (Å²) in [6.45, 7) is 9.19. The van der Waals surface area contributed by atoms with E-state index in [0.29, 0.717) is 25.7 Å². The van der Waals surface area contributed by atoms with Gasteiger partial charge in [0.25, 0.3) is 0 Å². The summed E-state index contributed by atoms with van der Waals surface area (Å²) in [5.41, 5.74) is -0.864. The molecule has 1 heterocycles. The summed E-state index contributed by atoms with van der Waals surface area (Å²) in [5.74, 6) is 0.176. The number of hydrogen-bond acceptors (Lipinski definition) is 4. The molecule has 0 aromatic carbocycles. The van der Waals surface area contributed by atoms with Gasteiger partial charge >= 0.3 is 0 Å². The summed E-state index contributed by atoms with van der Waals surface area (Å²) in [4.78, 5) is 0. The van der Waals surface area contributed by atoms with Crippen LogP contribution in [0.2, 0.25) is 0 Å². The van der Waals surface area contributed by atoms with Crippen LogP contribution in [0.25, 0.3) is 0 Å². The zero-order valence-electron chi connectivity index (χ0n) is 12.4. The Hall–Kier alpha value is -0.170. The zero-order valence-corrected chi connectivity index (χ0v) is 13.2. The minimum atomic E-state index is -3.20. The van der Waals surface area contributed by atoms with Crippen LogP contribution in [0.5, 0.6) is 0 Å². The summed E-state index contributed by atoms with van der Waals surface area (Å²) in [5, 5.41) is 3.26. The van der Waals surface area contributed by atoms with E-state index < -0.39 is 21.2 Å². The van der Waals surface area contributed by atoms with Gasteiger partial charge in [0, 0.05) is 25.7 Å². The molecule has 0 atom stereocenters. The molecule has 1 aliphatic carbocycles. The van der Waals surface area contributed by atoms with Crippen molar-refractivity contribution in [2.75, 3.05) is 25.4 Å². The maximum Gasteiger partial charge on any atom is 0.215 e. The first kappa shape index (κ1) is 15.2. The fraction of sp³-hybridized carbons (Fsp3) is 1.00. The number of morpholine rings is 1. The second-order valence-electron chi connectivity index (χ2n) is 6.93. The van der Waals surface area contributed by atoms with Gasteiger partial charge in [0.05, 0.1) is 17.0 Å². The van der Waals surface area contributed by atoms with Crippen molar-refractivity contribution in [1.82, 2.24) is 9.62 Å². The molecule has 1 aliphatic heterocycles. The monoisotopic (exact) mass is 290 g/mol. The molecule has 5 nitrogen and oxygen atoms in total. The van der Waals surface area contributed by atoms with Crippen molar-refractivity contribution in [2.45, 2.75) is 57.8 Å². The number of nitrogens with zero attached hydrogens (tertiary/aromatic N) is 1. The minimum Gasteiger partial charge on any atom is -0.367 e. The smallest absolute Gasteiger partial charge is 0.215 e. The van der Waals surface area contributed by atoms with E-state index in [1.807, 2.05) is 27.7 Å². The van der Waals surface area contributed by atoms with Gasteiger partial charge < -0.3 is 10.1 Å². The van der Waals surface area contributed by atoms with Crippen molar-refractivity contribution < 1.29 is 13.2 Å². The average Bonchev–Trinajstić information content (AvgIpc) is 2.96. The minimum absolute atomic E-state index is 0.176. The Labute approximate surface area is 116 Å². The van der Waals surface area contributed by atoms with E-state index in [9.17, 15) is 8.42 Å². The molecule has 1 N–H and O–H groups in total. The van der Waals surface area contributed by atoms with Gasteiger partial charge in [-0.25, -0.2) is 8.42 Å². The number of hydrogen-bond donors (Lipinski definition) is 1. The van der Waals surface area contributed by atoms with E-state index in [0.717, 1.165) is 0 Å². The normalized spacial score (nSPS) is 27.4. The number of rotatable bonds is 5. The van der Waals surface area contributed by atoms with Crippen molar-refractivity contribution in [1.29, 1.82) is 0 Å². The van der Waals surface area contributed by atoms with Gasteiger partial charge in [-0.05, 0) is 40.5 Å². The molecule has 1 saturated heterocycles.